The fourth-order valence-electron chi connectivity index (χ4n) is 1.89. The molecule has 0 aliphatic rings. The van der Waals surface area contributed by atoms with Crippen molar-refractivity contribution in [2.24, 2.45) is 0 Å². The molecule has 0 fully saturated rings. The van der Waals surface area contributed by atoms with Gasteiger partial charge in [-0.25, -0.2) is 0 Å². The molecule has 0 saturated carbocycles. The van der Waals surface area contributed by atoms with Gasteiger partial charge in [0.2, 0.25) is 0 Å². The molecule has 0 saturated heterocycles. The monoisotopic (exact) mass is 225 g/mol. The third kappa shape index (κ3) is 2.55. The summed E-state index contributed by atoms with van der Waals surface area (Å²) in [5.41, 5.74) is 5.00. The van der Waals surface area contributed by atoms with Crippen molar-refractivity contribution in [1.29, 1.82) is 0 Å². The molecule has 0 N–H and O–H groups in total. The number of hydrogen-bond donors (Lipinski definition) is 0. The number of aryl methyl sites for hydroxylation is 1. The van der Waals surface area contributed by atoms with Crippen molar-refractivity contribution in [2.75, 3.05) is 0 Å². The molecule has 0 radical (unpaired) electrons. The molecular weight excluding hydrogens is 206 g/mol. The van der Waals surface area contributed by atoms with E-state index in [1.807, 2.05) is 12.3 Å². The molecule has 1 nitrogen and oxygen atoms in total. The van der Waals surface area contributed by atoms with Gasteiger partial charge in [-0.1, -0.05) is 51.1 Å². The molecule has 1 heteroatoms. The van der Waals surface area contributed by atoms with E-state index in [9.17, 15) is 0 Å². The largest absolute Gasteiger partial charge is 0.260 e. The van der Waals surface area contributed by atoms with Gasteiger partial charge in [0.15, 0.2) is 0 Å². The van der Waals surface area contributed by atoms with Crippen molar-refractivity contribution in [3.63, 3.8) is 0 Å². The first kappa shape index (κ1) is 11.8. The molecule has 88 valence electrons. The lowest BCUT2D eigenvalue weighted by molar-refractivity contribution is 0.568. The van der Waals surface area contributed by atoms with E-state index in [0.717, 1.165) is 5.69 Å². The van der Waals surface area contributed by atoms with Gasteiger partial charge in [0, 0.05) is 22.9 Å². The highest BCUT2D eigenvalue weighted by Gasteiger charge is 2.16. The van der Waals surface area contributed by atoms with E-state index in [-0.39, 0.29) is 5.41 Å². The second-order valence-electron chi connectivity index (χ2n) is 5.50. The molecule has 0 spiro atoms. The van der Waals surface area contributed by atoms with Crippen molar-refractivity contribution in [2.45, 2.75) is 33.1 Å². The van der Waals surface area contributed by atoms with Crippen LogP contribution in [0.25, 0.3) is 11.1 Å². The third-order valence-electron chi connectivity index (χ3n) is 2.96. The van der Waals surface area contributed by atoms with Crippen LogP contribution in [0.15, 0.2) is 42.6 Å². The third-order valence-corrected chi connectivity index (χ3v) is 2.96. The van der Waals surface area contributed by atoms with Crippen LogP contribution in [0.5, 0.6) is 0 Å². The van der Waals surface area contributed by atoms with Gasteiger partial charge in [0.05, 0.1) is 0 Å². The van der Waals surface area contributed by atoms with Crippen molar-refractivity contribution >= 4 is 0 Å². The molecule has 0 amide bonds. The van der Waals surface area contributed by atoms with Crippen LogP contribution in [-0.2, 0) is 5.41 Å². The number of hydrogen-bond acceptors (Lipinski definition) is 1. The zero-order valence-electron chi connectivity index (χ0n) is 11.0. The summed E-state index contributed by atoms with van der Waals surface area (Å²) in [4.78, 5) is 4.59. The second kappa shape index (κ2) is 4.33. The van der Waals surface area contributed by atoms with Crippen LogP contribution in [0.4, 0.5) is 0 Å². The fourth-order valence-corrected chi connectivity index (χ4v) is 1.89. The van der Waals surface area contributed by atoms with Crippen molar-refractivity contribution in [3.05, 3.63) is 53.9 Å². The average molecular weight is 225 g/mol. The lowest BCUT2D eigenvalue weighted by Gasteiger charge is -2.19. The van der Waals surface area contributed by atoms with Crippen molar-refractivity contribution < 1.29 is 0 Å². The van der Waals surface area contributed by atoms with Crippen molar-refractivity contribution in [3.8, 4) is 11.1 Å². The van der Waals surface area contributed by atoms with Crippen LogP contribution in [-0.4, -0.2) is 4.98 Å². The predicted molar refractivity (Wildman–Crippen MR) is 73.1 cm³/mol. The highest BCUT2D eigenvalue weighted by atomic mass is 14.7. The van der Waals surface area contributed by atoms with Crippen LogP contribution < -0.4 is 0 Å². The molecule has 0 aliphatic heterocycles. The van der Waals surface area contributed by atoms with Gasteiger partial charge in [0.1, 0.15) is 0 Å². The summed E-state index contributed by atoms with van der Waals surface area (Å²) in [6, 6.07) is 12.6. The van der Waals surface area contributed by atoms with Gasteiger partial charge in [0.25, 0.3) is 0 Å². The molecule has 17 heavy (non-hydrogen) atoms. The molecule has 0 aliphatic carbocycles. The van der Waals surface area contributed by atoms with Crippen LogP contribution in [0.1, 0.15) is 32.0 Å². The molecule has 0 unspecified atom stereocenters. The van der Waals surface area contributed by atoms with Crippen LogP contribution >= 0.6 is 0 Å². The van der Waals surface area contributed by atoms with E-state index in [4.69, 9.17) is 0 Å². The summed E-state index contributed by atoms with van der Waals surface area (Å²) in [7, 11) is 0. The number of pyridine rings is 1. The van der Waals surface area contributed by atoms with Crippen molar-refractivity contribution in [1.82, 2.24) is 4.98 Å². The maximum absolute atomic E-state index is 4.59. The van der Waals surface area contributed by atoms with E-state index in [1.165, 1.54) is 16.7 Å². The molecule has 2 rings (SSSR count). The van der Waals surface area contributed by atoms with Crippen LogP contribution in [0.2, 0.25) is 0 Å². The summed E-state index contributed by atoms with van der Waals surface area (Å²) < 4.78 is 0. The van der Waals surface area contributed by atoms with Gasteiger partial charge >= 0.3 is 0 Å². The maximum Gasteiger partial charge on any atom is 0.0460 e. The summed E-state index contributed by atoms with van der Waals surface area (Å²) in [6.45, 7) is 8.73. The molecule has 1 aromatic carbocycles. The first-order valence-corrected chi connectivity index (χ1v) is 6.01. The molecule has 0 atom stereocenters. The molecule has 1 aromatic heterocycles. The Morgan fingerprint density at radius 2 is 1.65 bits per heavy atom. The highest BCUT2D eigenvalue weighted by Crippen LogP contribution is 2.27. The maximum atomic E-state index is 4.59. The Bertz CT molecular complexity index is 507. The SMILES string of the molecule is Cc1cc(C(C)(C)C)ncc1-c1ccccc1. The Labute approximate surface area is 104 Å². The van der Waals surface area contributed by atoms with Gasteiger partial charge in [-0.05, 0) is 24.1 Å². The highest BCUT2D eigenvalue weighted by molar-refractivity contribution is 5.66. The normalized spacial score (nSPS) is 11.5. The number of rotatable bonds is 1. The minimum Gasteiger partial charge on any atom is -0.260 e. The Morgan fingerprint density at radius 1 is 1.00 bits per heavy atom. The molecule has 0 bridgehead atoms. The second-order valence-corrected chi connectivity index (χ2v) is 5.50. The quantitative estimate of drug-likeness (QED) is 0.703. The first-order chi connectivity index (χ1) is 7.98. The molecule has 2 aromatic rings. The smallest absolute Gasteiger partial charge is 0.0460 e. The van der Waals surface area contributed by atoms with Crippen LogP contribution in [0, 0.1) is 6.92 Å². The zero-order valence-corrected chi connectivity index (χ0v) is 11.0. The average Bonchev–Trinajstić information content (AvgIpc) is 2.29. The number of benzene rings is 1. The summed E-state index contributed by atoms with van der Waals surface area (Å²) in [5, 5.41) is 0. The minimum atomic E-state index is 0.111. The van der Waals surface area contributed by atoms with E-state index < -0.39 is 0 Å². The molecule has 1 heterocycles. The Balaban J connectivity index is 2.46. The van der Waals surface area contributed by atoms with E-state index in [1.54, 1.807) is 0 Å². The lowest BCUT2D eigenvalue weighted by atomic mass is 9.89. The topological polar surface area (TPSA) is 12.9 Å². The van der Waals surface area contributed by atoms with E-state index in [2.05, 4.69) is 63.0 Å². The van der Waals surface area contributed by atoms with Gasteiger partial charge in [-0.2, -0.15) is 0 Å². The fraction of sp³-hybridized carbons (Fsp3) is 0.312. The Hall–Kier alpha value is -1.63. The summed E-state index contributed by atoms with van der Waals surface area (Å²) in [6.07, 6.45) is 1.99. The Morgan fingerprint density at radius 3 is 2.18 bits per heavy atom. The zero-order chi connectivity index (χ0) is 12.5. The Kier molecular flexibility index (Phi) is 3.01. The summed E-state index contributed by atoms with van der Waals surface area (Å²) >= 11 is 0. The minimum absolute atomic E-state index is 0.111. The first-order valence-electron chi connectivity index (χ1n) is 6.01. The standard InChI is InChI=1S/C16H19N/c1-12-10-15(16(2,3)4)17-11-14(12)13-8-6-5-7-9-13/h5-11H,1-4H3. The lowest BCUT2D eigenvalue weighted by Crippen LogP contribution is -2.13. The van der Waals surface area contributed by atoms with Crippen LogP contribution in [0.3, 0.4) is 0 Å². The van der Waals surface area contributed by atoms with Gasteiger partial charge in [-0.15, -0.1) is 0 Å². The predicted octanol–water partition coefficient (Wildman–Crippen LogP) is 4.35. The summed E-state index contributed by atoms with van der Waals surface area (Å²) in [5.74, 6) is 0. The number of nitrogens with zero attached hydrogens (tertiary/aromatic N) is 1. The van der Waals surface area contributed by atoms with Gasteiger partial charge in [-0.3, -0.25) is 4.98 Å². The van der Waals surface area contributed by atoms with E-state index in [0.29, 0.717) is 0 Å². The van der Waals surface area contributed by atoms with Gasteiger partial charge < -0.3 is 0 Å². The number of aromatic nitrogens is 1. The molecular formula is C16H19N. The van der Waals surface area contributed by atoms with E-state index >= 15 is 0 Å².